The molecule has 0 spiro atoms. The summed E-state index contributed by atoms with van der Waals surface area (Å²) in [5.41, 5.74) is 5.24. The highest BCUT2D eigenvalue weighted by molar-refractivity contribution is 8.07. The van der Waals surface area contributed by atoms with Crippen LogP contribution in [0.4, 0.5) is 5.82 Å². The molecule has 0 saturated carbocycles. The molecule has 2 aliphatic rings. The molecule has 3 N–H and O–H groups in total. The number of nitrogens with zero attached hydrogens (tertiary/aromatic N) is 2. The third kappa shape index (κ3) is 2.78. The summed E-state index contributed by atoms with van der Waals surface area (Å²) in [7, 11) is 0. The Morgan fingerprint density at radius 2 is 1.95 bits per heavy atom. The zero-order chi connectivity index (χ0) is 14.1. The van der Waals surface area contributed by atoms with E-state index in [9.17, 15) is 0 Å². The van der Waals surface area contributed by atoms with Crippen LogP contribution in [0.1, 0.15) is 49.0 Å². The zero-order valence-electron chi connectivity index (χ0n) is 12.1. The largest absolute Gasteiger partial charge is 0.308 e. The van der Waals surface area contributed by atoms with Crippen LogP contribution in [0.15, 0.2) is 0 Å². The number of rotatable bonds is 2. The third-order valence-corrected chi connectivity index (χ3v) is 7.56. The first-order chi connectivity index (χ1) is 9.69. The molecule has 2 heterocycles. The maximum Gasteiger partial charge on any atom is 0.147 e. The second kappa shape index (κ2) is 6.12. The average molecular weight is 310 g/mol. The van der Waals surface area contributed by atoms with Crippen LogP contribution in [-0.4, -0.2) is 26.2 Å². The molecule has 1 aromatic heterocycles. The smallest absolute Gasteiger partial charge is 0.147 e. The number of hydrazine groups is 1. The van der Waals surface area contributed by atoms with Crippen LogP contribution >= 0.6 is 23.5 Å². The van der Waals surface area contributed by atoms with Crippen molar-refractivity contribution in [3.8, 4) is 0 Å². The van der Waals surface area contributed by atoms with Crippen LogP contribution in [0.3, 0.4) is 0 Å². The quantitative estimate of drug-likeness (QED) is 0.647. The summed E-state index contributed by atoms with van der Waals surface area (Å²) in [4.78, 5) is 9.57. The fourth-order valence-electron chi connectivity index (χ4n) is 2.80. The summed E-state index contributed by atoms with van der Waals surface area (Å²) < 4.78 is 0. The number of thioether (sulfide) groups is 2. The molecule has 1 aliphatic carbocycles. The minimum atomic E-state index is 0.394. The SMILES string of the molecule is CC1SCC(c2nc3c(c(NN)n2)CCCC3)SC1C. The van der Waals surface area contributed by atoms with Crippen molar-refractivity contribution in [3.63, 3.8) is 0 Å². The van der Waals surface area contributed by atoms with Gasteiger partial charge in [-0.25, -0.2) is 15.8 Å². The summed E-state index contributed by atoms with van der Waals surface area (Å²) in [5.74, 6) is 8.58. The van der Waals surface area contributed by atoms with Gasteiger partial charge in [-0.2, -0.15) is 11.8 Å². The zero-order valence-corrected chi connectivity index (χ0v) is 13.7. The lowest BCUT2D eigenvalue weighted by Crippen LogP contribution is -2.25. The Balaban J connectivity index is 1.90. The van der Waals surface area contributed by atoms with Gasteiger partial charge in [0.25, 0.3) is 0 Å². The number of nitrogens with two attached hydrogens (primary N) is 1. The van der Waals surface area contributed by atoms with Crippen LogP contribution < -0.4 is 11.3 Å². The number of hydrogen-bond donors (Lipinski definition) is 2. The van der Waals surface area contributed by atoms with E-state index in [0.29, 0.717) is 15.7 Å². The van der Waals surface area contributed by atoms with E-state index in [1.54, 1.807) is 0 Å². The van der Waals surface area contributed by atoms with E-state index in [4.69, 9.17) is 15.8 Å². The third-order valence-electron chi connectivity index (χ3n) is 4.18. The molecule has 6 heteroatoms. The fourth-order valence-corrected chi connectivity index (χ4v) is 5.64. The summed E-state index contributed by atoms with van der Waals surface area (Å²) in [6.07, 6.45) is 4.56. The minimum absolute atomic E-state index is 0.394. The van der Waals surface area contributed by atoms with E-state index in [1.807, 2.05) is 23.5 Å². The van der Waals surface area contributed by atoms with Crippen molar-refractivity contribution in [2.24, 2.45) is 5.84 Å². The van der Waals surface area contributed by atoms with Crippen molar-refractivity contribution < 1.29 is 0 Å². The fraction of sp³-hybridized carbons (Fsp3) is 0.714. The Labute approximate surface area is 129 Å². The predicted octanol–water partition coefficient (Wildman–Crippen LogP) is 2.94. The predicted molar refractivity (Wildman–Crippen MR) is 88.2 cm³/mol. The molecular weight excluding hydrogens is 288 g/mol. The van der Waals surface area contributed by atoms with Gasteiger partial charge in [0.05, 0.1) is 5.25 Å². The first-order valence-electron chi connectivity index (χ1n) is 7.32. The molecule has 3 unspecified atom stereocenters. The summed E-state index contributed by atoms with van der Waals surface area (Å²) in [6, 6.07) is 0. The van der Waals surface area contributed by atoms with E-state index in [1.165, 1.54) is 24.1 Å². The maximum atomic E-state index is 5.67. The minimum Gasteiger partial charge on any atom is -0.308 e. The van der Waals surface area contributed by atoms with Crippen LogP contribution in [0.2, 0.25) is 0 Å². The highest BCUT2D eigenvalue weighted by Crippen LogP contribution is 2.43. The van der Waals surface area contributed by atoms with Crippen molar-refractivity contribution in [1.82, 2.24) is 9.97 Å². The molecule has 1 aromatic rings. The number of aromatic nitrogens is 2. The molecule has 1 saturated heterocycles. The molecule has 3 rings (SSSR count). The van der Waals surface area contributed by atoms with E-state index >= 15 is 0 Å². The first-order valence-corrected chi connectivity index (χ1v) is 9.31. The molecule has 110 valence electrons. The van der Waals surface area contributed by atoms with Crippen LogP contribution in [0, 0.1) is 0 Å². The molecule has 20 heavy (non-hydrogen) atoms. The number of fused-ring (bicyclic) bond motifs is 1. The molecule has 3 atom stereocenters. The Morgan fingerprint density at radius 3 is 2.70 bits per heavy atom. The topological polar surface area (TPSA) is 63.8 Å². The molecule has 4 nitrogen and oxygen atoms in total. The van der Waals surface area contributed by atoms with E-state index in [-0.39, 0.29) is 0 Å². The second-order valence-electron chi connectivity index (χ2n) is 5.58. The van der Waals surface area contributed by atoms with Crippen molar-refractivity contribution >= 4 is 29.3 Å². The van der Waals surface area contributed by atoms with E-state index in [0.717, 1.165) is 30.2 Å². The standard InChI is InChI=1S/C14H22N4S2/c1-8-9(2)20-12(7-19-8)14-16-11-6-4-3-5-10(11)13(17-14)18-15/h8-9,12H,3-7,15H2,1-2H3,(H,16,17,18). The van der Waals surface area contributed by atoms with Gasteiger partial charge in [-0.3, -0.25) is 0 Å². The lowest BCUT2D eigenvalue weighted by Gasteiger charge is -2.31. The molecule has 0 radical (unpaired) electrons. The van der Waals surface area contributed by atoms with Crippen molar-refractivity contribution in [3.05, 3.63) is 17.1 Å². The highest BCUT2D eigenvalue weighted by atomic mass is 32.2. The molecule has 0 amide bonds. The summed E-state index contributed by atoms with van der Waals surface area (Å²) in [6.45, 7) is 4.61. The highest BCUT2D eigenvalue weighted by Gasteiger charge is 2.30. The van der Waals surface area contributed by atoms with E-state index < -0.39 is 0 Å². The number of nitrogen functional groups attached to an aromatic ring is 1. The Hall–Kier alpha value is -0.460. The molecule has 1 aliphatic heterocycles. The van der Waals surface area contributed by atoms with E-state index in [2.05, 4.69) is 19.3 Å². The van der Waals surface area contributed by atoms with Gasteiger partial charge in [-0.15, -0.1) is 11.8 Å². The normalized spacial score (nSPS) is 29.9. The van der Waals surface area contributed by atoms with Gasteiger partial charge in [-0.1, -0.05) is 13.8 Å². The van der Waals surface area contributed by atoms with Gasteiger partial charge in [0.2, 0.25) is 0 Å². The van der Waals surface area contributed by atoms with Crippen molar-refractivity contribution in [1.29, 1.82) is 0 Å². The molecule has 0 bridgehead atoms. The van der Waals surface area contributed by atoms with Gasteiger partial charge >= 0.3 is 0 Å². The van der Waals surface area contributed by atoms with Crippen LogP contribution in [0.5, 0.6) is 0 Å². The second-order valence-corrected chi connectivity index (χ2v) is 8.57. The average Bonchev–Trinajstić information content (AvgIpc) is 2.49. The molecule has 1 fully saturated rings. The number of nitrogens with one attached hydrogen (secondary N) is 1. The molecular formula is C14H22N4S2. The Morgan fingerprint density at radius 1 is 1.15 bits per heavy atom. The number of hydrogen-bond acceptors (Lipinski definition) is 6. The van der Waals surface area contributed by atoms with Crippen molar-refractivity contribution in [2.45, 2.75) is 55.3 Å². The van der Waals surface area contributed by atoms with Gasteiger partial charge in [0.15, 0.2) is 0 Å². The van der Waals surface area contributed by atoms with Crippen molar-refractivity contribution in [2.75, 3.05) is 11.2 Å². The van der Waals surface area contributed by atoms with Gasteiger partial charge < -0.3 is 5.43 Å². The maximum absolute atomic E-state index is 5.67. The Kier molecular flexibility index (Phi) is 4.43. The lowest BCUT2D eigenvalue weighted by molar-refractivity contribution is 0.655. The van der Waals surface area contributed by atoms with Gasteiger partial charge in [-0.05, 0) is 25.7 Å². The van der Waals surface area contributed by atoms with Crippen LogP contribution in [0.25, 0.3) is 0 Å². The lowest BCUT2D eigenvalue weighted by atomic mass is 9.96. The van der Waals surface area contributed by atoms with Gasteiger partial charge in [0.1, 0.15) is 11.6 Å². The number of aryl methyl sites for hydroxylation is 1. The molecule has 0 aromatic carbocycles. The van der Waals surface area contributed by atoms with Crippen LogP contribution in [-0.2, 0) is 12.8 Å². The summed E-state index contributed by atoms with van der Waals surface area (Å²) >= 11 is 4.03. The monoisotopic (exact) mass is 310 g/mol. The van der Waals surface area contributed by atoms with Gasteiger partial charge in [0, 0.05) is 27.5 Å². The first kappa shape index (κ1) is 14.5. The number of anilines is 1. The Bertz CT molecular complexity index is 477. The summed E-state index contributed by atoms with van der Waals surface area (Å²) in [5, 5.41) is 1.75.